The molecule has 0 aromatic heterocycles. The summed E-state index contributed by atoms with van der Waals surface area (Å²) in [6, 6.07) is 0. The number of unbranched alkanes of at least 4 members (excludes halogenated alkanes) is 10. The van der Waals surface area contributed by atoms with E-state index in [0.717, 1.165) is 135 Å². The normalized spacial score (nSPS) is 14.7. The number of rotatable bonds is 48. The summed E-state index contributed by atoms with van der Waals surface area (Å²) in [4.78, 5) is 40.9. The van der Waals surface area contributed by atoms with Gasteiger partial charge in [-0.25, -0.2) is 4.79 Å². The lowest BCUT2D eigenvalue weighted by Crippen LogP contribution is -2.37. The highest BCUT2D eigenvalue weighted by Gasteiger charge is 2.22. The maximum Gasteiger partial charge on any atom is 0.508 e. The first-order chi connectivity index (χ1) is 34.3. The highest BCUT2D eigenvalue weighted by atomic mass is 16.7. The van der Waals surface area contributed by atoms with Crippen LogP contribution in [0.5, 0.6) is 0 Å². The van der Waals surface area contributed by atoms with Crippen LogP contribution >= 0.6 is 0 Å². The van der Waals surface area contributed by atoms with Crippen LogP contribution in [0.25, 0.3) is 0 Å². The van der Waals surface area contributed by atoms with E-state index in [4.69, 9.17) is 37.9 Å². The number of hydrogen-bond acceptors (Lipinski definition) is 12. The molecule has 0 saturated carbocycles. The van der Waals surface area contributed by atoms with Crippen LogP contribution in [0.3, 0.4) is 0 Å². The summed E-state index contributed by atoms with van der Waals surface area (Å²) in [5, 5.41) is 0. The highest BCUT2D eigenvalue weighted by Crippen LogP contribution is 2.19. The van der Waals surface area contributed by atoms with Crippen LogP contribution in [-0.2, 0) is 47.5 Å². The third kappa shape index (κ3) is 41.6. The molecule has 0 aromatic carbocycles. The van der Waals surface area contributed by atoms with Gasteiger partial charge in [0.15, 0.2) is 12.6 Å². The van der Waals surface area contributed by atoms with E-state index in [0.29, 0.717) is 90.3 Å². The zero-order valence-electron chi connectivity index (χ0n) is 45.2. The Kier molecular flexibility index (Phi) is 46.0. The predicted octanol–water partition coefficient (Wildman–Crippen LogP) is 14.5. The van der Waals surface area contributed by atoms with Crippen molar-refractivity contribution in [2.24, 2.45) is 5.92 Å². The second kappa shape index (κ2) is 49.5. The van der Waals surface area contributed by atoms with Gasteiger partial charge in [-0.2, -0.15) is 0 Å². The first-order valence-corrected chi connectivity index (χ1v) is 28.3. The third-order valence-electron chi connectivity index (χ3n) is 12.2. The summed E-state index contributed by atoms with van der Waals surface area (Å²) in [5.41, 5.74) is 0. The van der Waals surface area contributed by atoms with Gasteiger partial charge in [-0.1, -0.05) is 83.2 Å². The maximum atomic E-state index is 13.0. The lowest BCUT2D eigenvalue weighted by atomic mass is 9.99. The Labute approximate surface area is 427 Å². The standard InChI is InChI=1S/C58H103NO11/c1-6-11-15-19-23-29-46-65-56(66-47-30-24-20-16-12-7-2)41-39-54(60)63-44-33-27-37-53(70-58(62)69-51-52-36-35-43-59(10-5)50-52)38-28-34-45-64-55(61)40-42-57(67-48-31-25-21-17-13-8-3)68-49-32-26-22-18-14-9-4/h11-18,52-53,56-57H,6-10,19-51H2,1-5H3/b15-11-,16-12-,17-13-,18-14-. The van der Waals surface area contributed by atoms with Gasteiger partial charge in [0.05, 0.1) is 32.7 Å². The molecule has 0 spiro atoms. The van der Waals surface area contributed by atoms with E-state index in [2.05, 4.69) is 88.1 Å². The fourth-order valence-electron chi connectivity index (χ4n) is 8.01. The largest absolute Gasteiger partial charge is 0.508 e. The minimum atomic E-state index is -0.641. The first-order valence-electron chi connectivity index (χ1n) is 28.3. The quantitative estimate of drug-likeness (QED) is 0.0189. The molecule has 0 radical (unpaired) electrons. The number of nitrogens with zero attached hydrogens (tertiary/aromatic N) is 1. The molecule has 1 rings (SSSR count). The van der Waals surface area contributed by atoms with Crippen molar-refractivity contribution in [2.45, 2.75) is 233 Å². The van der Waals surface area contributed by atoms with Crippen molar-refractivity contribution < 1.29 is 52.3 Å². The second-order valence-electron chi connectivity index (χ2n) is 18.6. The van der Waals surface area contributed by atoms with Crippen LogP contribution in [0, 0.1) is 5.92 Å². The van der Waals surface area contributed by atoms with Gasteiger partial charge in [0.25, 0.3) is 0 Å². The van der Waals surface area contributed by atoms with E-state index in [9.17, 15) is 14.4 Å². The minimum Gasteiger partial charge on any atom is -0.466 e. The van der Waals surface area contributed by atoms with Crippen molar-refractivity contribution in [2.75, 3.05) is 65.9 Å². The number of carbonyl (C=O) groups is 3. The molecule has 1 atom stereocenters. The van der Waals surface area contributed by atoms with E-state index < -0.39 is 18.7 Å². The fraction of sp³-hybridized carbons (Fsp3) is 0.810. The number of esters is 2. The molecule has 1 aliphatic heterocycles. The van der Waals surface area contributed by atoms with E-state index in [1.807, 2.05) is 0 Å². The molecule has 0 aliphatic carbocycles. The molecule has 12 nitrogen and oxygen atoms in total. The molecular weight excluding hydrogens is 887 g/mol. The van der Waals surface area contributed by atoms with Crippen LogP contribution in [0.15, 0.2) is 48.6 Å². The Bertz CT molecular complexity index is 1210. The van der Waals surface area contributed by atoms with Crippen molar-refractivity contribution in [1.29, 1.82) is 0 Å². The Morgan fingerprint density at radius 1 is 0.486 bits per heavy atom. The van der Waals surface area contributed by atoms with Gasteiger partial charge < -0.3 is 42.8 Å². The highest BCUT2D eigenvalue weighted by molar-refractivity contribution is 5.69. The summed E-state index contributed by atoms with van der Waals surface area (Å²) < 4.78 is 47.1. The zero-order valence-corrected chi connectivity index (χ0v) is 45.2. The van der Waals surface area contributed by atoms with Gasteiger partial charge >= 0.3 is 18.1 Å². The number of carbonyl (C=O) groups excluding carboxylic acids is 3. The van der Waals surface area contributed by atoms with Gasteiger partial charge in [-0.15, -0.1) is 0 Å². The zero-order chi connectivity index (χ0) is 50.8. The minimum absolute atomic E-state index is 0.222. The van der Waals surface area contributed by atoms with Gasteiger partial charge in [0.1, 0.15) is 6.10 Å². The van der Waals surface area contributed by atoms with Gasteiger partial charge in [-0.3, -0.25) is 9.59 Å². The summed E-state index contributed by atoms with van der Waals surface area (Å²) in [5.74, 6) is -0.234. The van der Waals surface area contributed by atoms with E-state index >= 15 is 0 Å². The lowest BCUT2D eigenvalue weighted by Gasteiger charge is -2.31. The predicted molar refractivity (Wildman–Crippen MR) is 284 cm³/mol. The average Bonchev–Trinajstić information content (AvgIpc) is 3.36. The number of hydrogen-bond donors (Lipinski definition) is 0. The third-order valence-corrected chi connectivity index (χ3v) is 12.2. The molecular formula is C58H103NO11. The molecule has 1 fully saturated rings. The van der Waals surface area contributed by atoms with Crippen molar-refractivity contribution in [3.63, 3.8) is 0 Å². The fourth-order valence-corrected chi connectivity index (χ4v) is 8.01. The van der Waals surface area contributed by atoms with Crippen LogP contribution in [-0.4, -0.2) is 108 Å². The van der Waals surface area contributed by atoms with Crippen molar-refractivity contribution >= 4 is 18.1 Å². The lowest BCUT2D eigenvalue weighted by molar-refractivity contribution is -0.159. The molecule has 1 heterocycles. The van der Waals surface area contributed by atoms with E-state index in [-0.39, 0.29) is 44.1 Å². The van der Waals surface area contributed by atoms with Crippen molar-refractivity contribution in [1.82, 2.24) is 4.90 Å². The number of allylic oxidation sites excluding steroid dienone is 8. The average molecular weight is 990 g/mol. The molecule has 70 heavy (non-hydrogen) atoms. The molecule has 0 amide bonds. The molecule has 0 N–H and O–H groups in total. The molecule has 0 aromatic rings. The van der Waals surface area contributed by atoms with E-state index in [1.54, 1.807) is 0 Å². The Morgan fingerprint density at radius 3 is 1.27 bits per heavy atom. The second-order valence-corrected chi connectivity index (χ2v) is 18.6. The monoisotopic (exact) mass is 990 g/mol. The Balaban J connectivity index is 2.61. The summed E-state index contributed by atoms with van der Waals surface area (Å²) in [6.45, 7) is 17.0. The first kappa shape index (κ1) is 65.0. The smallest absolute Gasteiger partial charge is 0.466 e. The van der Waals surface area contributed by atoms with Crippen molar-refractivity contribution in [3.8, 4) is 0 Å². The van der Waals surface area contributed by atoms with Crippen LogP contribution in [0.1, 0.15) is 214 Å². The maximum absolute atomic E-state index is 13.0. The molecule has 1 saturated heterocycles. The molecule has 0 bridgehead atoms. The van der Waals surface area contributed by atoms with E-state index in [1.165, 1.54) is 0 Å². The number of ether oxygens (including phenoxy) is 8. The van der Waals surface area contributed by atoms with Crippen molar-refractivity contribution in [3.05, 3.63) is 48.6 Å². The topological polar surface area (TPSA) is 128 Å². The van der Waals surface area contributed by atoms with Gasteiger partial charge in [0.2, 0.25) is 0 Å². The van der Waals surface area contributed by atoms with Gasteiger partial charge in [0, 0.05) is 51.7 Å². The van der Waals surface area contributed by atoms with Crippen LogP contribution in [0.4, 0.5) is 4.79 Å². The van der Waals surface area contributed by atoms with Crippen LogP contribution in [0.2, 0.25) is 0 Å². The van der Waals surface area contributed by atoms with Gasteiger partial charge in [-0.05, 0) is 167 Å². The molecule has 12 heteroatoms. The number of piperidine rings is 1. The summed E-state index contributed by atoms with van der Waals surface area (Å²) >= 11 is 0. The molecule has 406 valence electrons. The molecule has 1 aliphatic rings. The summed E-state index contributed by atoms with van der Waals surface area (Å²) in [7, 11) is 0. The SMILES string of the molecule is CC/C=C\CCCCOC(CCC(=O)OCCCCC(CCCCOC(=O)CCC(OCCCC/C=C\CC)OCCCC/C=C\CC)OC(=O)OCC1CCCN(CC)C1)OCCCC/C=C\CC. The Morgan fingerprint density at radius 2 is 0.886 bits per heavy atom. The Hall–Kier alpha value is -3.03. The van der Waals surface area contributed by atoms with Crippen LogP contribution < -0.4 is 0 Å². The molecule has 1 unspecified atom stereocenters. The summed E-state index contributed by atoms with van der Waals surface area (Å²) in [6.07, 6.45) is 39.5. The number of likely N-dealkylation sites (tertiary alicyclic amines) is 1.